The third kappa shape index (κ3) is 3.50. The zero-order valence-corrected chi connectivity index (χ0v) is 12.2. The van der Waals surface area contributed by atoms with Gasteiger partial charge in [-0.15, -0.1) is 0 Å². The number of nitrogens with one attached hydrogen (secondary N) is 1. The fraction of sp³-hybridized carbons (Fsp3) is 0.800. The van der Waals surface area contributed by atoms with E-state index in [-0.39, 0.29) is 0 Å². The van der Waals surface area contributed by atoms with Gasteiger partial charge >= 0.3 is 0 Å². The van der Waals surface area contributed by atoms with E-state index in [1.54, 1.807) is 0 Å². The Hall–Kier alpha value is -0.990. The van der Waals surface area contributed by atoms with Crippen LogP contribution in [0.1, 0.15) is 52.9 Å². The van der Waals surface area contributed by atoms with Gasteiger partial charge in [-0.3, -0.25) is 4.68 Å². The average Bonchev–Trinajstić information content (AvgIpc) is 2.53. The van der Waals surface area contributed by atoms with Crippen molar-refractivity contribution in [3.05, 3.63) is 12.4 Å². The molecule has 2 rings (SSSR count). The molecule has 0 aromatic carbocycles. The maximum atomic E-state index is 4.21. The van der Waals surface area contributed by atoms with Crippen LogP contribution in [0.3, 0.4) is 0 Å². The van der Waals surface area contributed by atoms with Crippen LogP contribution in [-0.4, -0.2) is 15.8 Å². The van der Waals surface area contributed by atoms with Crippen LogP contribution in [0, 0.1) is 11.3 Å². The molecule has 2 unspecified atom stereocenters. The maximum Gasteiger partial charge on any atom is 0.0728 e. The van der Waals surface area contributed by atoms with E-state index in [4.69, 9.17) is 0 Å². The molecule has 1 fully saturated rings. The Balaban J connectivity index is 1.89. The SMILES string of the molecule is Cn1cc(NC2CCCC(C(C)(C)C)CC2)cn1. The molecule has 1 aliphatic rings. The lowest BCUT2D eigenvalue weighted by Crippen LogP contribution is -2.21. The largest absolute Gasteiger partial charge is 0.380 e. The maximum absolute atomic E-state index is 4.21. The third-order valence-corrected chi connectivity index (χ3v) is 4.27. The Morgan fingerprint density at radius 3 is 2.61 bits per heavy atom. The minimum atomic E-state index is 0.462. The topological polar surface area (TPSA) is 29.9 Å². The van der Waals surface area contributed by atoms with Crippen molar-refractivity contribution in [3.8, 4) is 0 Å². The molecule has 1 heterocycles. The molecule has 1 saturated carbocycles. The fourth-order valence-electron chi connectivity index (χ4n) is 3.04. The van der Waals surface area contributed by atoms with Gasteiger partial charge in [-0.1, -0.05) is 27.2 Å². The summed E-state index contributed by atoms with van der Waals surface area (Å²) in [5.74, 6) is 0.873. The highest BCUT2D eigenvalue weighted by molar-refractivity contribution is 5.39. The summed E-state index contributed by atoms with van der Waals surface area (Å²) in [6.07, 6.45) is 10.6. The van der Waals surface area contributed by atoms with Gasteiger partial charge in [0.15, 0.2) is 0 Å². The van der Waals surface area contributed by atoms with Crippen molar-refractivity contribution in [2.45, 2.75) is 58.9 Å². The monoisotopic (exact) mass is 249 g/mol. The van der Waals surface area contributed by atoms with Crippen molar-refractivity contribution < 1.29 is 0 Å². The number of hydrogen-bond acceptors (Lipinski definition) is 2. The Morgan fingerprint density at radius 1 is 1.22 bits per heavy atom. The summed E-state index contributed by atoms with van der Waals surface area (Å²) in [5.41, 5.74) is 1.63. The molecular formula is C15H27N3. The molecular weight excluding hydrogens is 222 g/mol. The van der Waals surface area contributed by atoms with Crippen LogP contribution in [0.25, 0.3) is 0 Å². The zero-order valence-electron chi connectivity index (χ0n) is 12.2. The van der Waals surface area contributed by atoms with Crippen LogP contribution in [0.15, 0.2) is 12.4 Å². The van der Waals surface area contributed by atoms with Gasteiger partial charge in [0.05, 0.1) is 11.9 Å². The number of hydrogen-bond donors (Lipinski definition) is 1. The summed E-state index contributed by atoms with van der Waals surface area (Å²) in [6, 6.07) is 0.626. The third-order valence-electron chi connectivity index (χ3n) is 4.27. The van der Waals surface area contributed by atoms with Crippen molar-refractivity contribution >= 4 is 5.69 Å². The number of rotatable bonds is 2. The fourth-order valence-corrected chi connectivity index (χ4v) is 3.04. The van der Waals surface area contributed by atoms with Gasteiger partial charge in [0, 0.05) is 19.3 Å². The van der Waals surface area contributed by atoms with E-state index < -0.39 is 0 Å². The predicted octanol–water partition coefficient (Wildman–Crippen LogP) is 3.83. The Labute approximate surface area is 111 Å². The molecule has 0 bridgehead atoms. The molecule has 3 nitrogen and oxygen atoms in total. The summed E-state index contributed by atoms with van der Waals surface area (Å²) in [7, 11) is 1.97. The molecule has 1 aromatic rings. The van der Waals surface area contributed by atoms with E-state index in [1.165, 1.54) is 32.1 Å². The Morgan fingerprint density at radius 2 is 2.00 bits per heavy atom. The second kappa shape index (κ2) is 5.33. The van der Waals surface area contributed by atoms with Crippen molar-refractivity contribution in [1.82, 2.24) is 9.78 Å². The highest BCUT2D eigenvalue weighted by Gasteiger charge is 2.27. The Bertz CT molecular complexity index is 375. The highest BCUT2D eigenvalue weighted by atomic mass is 15.3. The molecule has 3 heteroatoms. The average molecular weight is 249 g/mol. The molecule has 0 spiro atoms. The van der Waals surface area contributed by atoms with Gasteiger partial charge in [-0.2, -0.15) is 5.10 Å². The molecule has 1 aromatic heterocycles. The summed E-state index contributed by atoms with van der Waals surface area (Å²) in [4.78, 5) is 0. The van der Waals surface area contributed by atoms with Crippen LogP contribution >= 0.6 is 0 Å². The lowest BCUT2D eigenvalue weighted by molar-refractivity contribution is 0.214. The van der Waals surface area contributed by atoms with Gasteiger partial charge in [-0.05, 0) is 37.0 Å². The molecule has 18 heavy (non-hydrogen) atoms. The van der Waals surface area contributed by atoms with Crippen LogP contribution in [0.2, 0.25) is 0 Å². The summed E-state index contributed by atoms with van der Waals surface area (Å²) in [5, 5.41) is 7.84. The summed E-state index contributed by atoms with van der Waals surface area (Å²) >= 11 is 0. The van der Waals surface area contributed by atoms with Crippen molar-refractivity contribution in [1.29, 1.82) is 0 Å². The lowest BCUT2D eigenvalue weighted by Gasteiger charge is -2.29. The first-order valence-corrected chi connectivity index (χ1v) is 7.20. The summed E-state index contributed by atoms with van der Waals surface area (Å²) < 4.78 is 1.86. The van der Waals surface area contributed by atoms with Crippen LogP contribution in [0.4, 0.5) is 5.69 Å². The van der Waals surface area contributed by atoms with Crippen LogP contribution < -0.4 is 5.32 Å². The zero-order chi connectivity index (χ0) is 13.2. The second-order valence-electron chi connectivity index (χ2n) is 6.82. The molecule has 0 amide bonds. The first kappa shape index (κ1) is 13.4. The second-order valence-corrected chi connectivity index (χ2v) is 6.82. The molecule has 2 atom stereocenters. The summed E-state index contributed by atoms with van der Waals surface area (Å²) in [6.45, 7) is 7.14. The molecule has 0 radical (unpaired) electrons. The van der Waals surface area contributed by atoms with Crippen molar-refractivity contribution in [3.63, 3.8) is 0 Å². The number of aromatic nitrogens is 2. The molecule has 1 aliphatic carbocycles. The van der Waals surface area contributed by atoms with Crippen LogP contribution in [-0.2, 0) is 7.05 Å². The molecule has 1 N–H and O–H groups in total. The van der Waals surface area contributed by atoms with Crippen molar-refractivity contribution in [2.24, 2.45) is 18.4 Å². The van der Waals surface area contributed by atoms with E-state index in [0.717, 1.165) is 11.6 Å². The molecule has 0 aliphatic heterocycles. The number of aryl methyl sites for hydroxylation is 1. The first-order chi connectivity index (χ1) is 8.45. The lowest BCUT2D eigenvalue weighted by atomic mass is 9.76. The minimum Gasteiger partial charge on any atom is -0.380 e. The van der Waals surface area contributed by atoms with E-state index in [2.05, 4.69) is 37.4 Å². The van der Waals surface area contributed by atoms with Gasteiger partial charge in [0.2, 0.25) is 0 Å². The number of nitrogens with zero attached hydrogens (tertiary/aromatic N) is 2. The van der Waals surface area contributed by atoms with Gasteiger partial charge in [0.1, 0.15) is 0 Å². The van der Waals surface area contributed by atoms with E-state index >= 15 is 0 Å². The van der Waals surface area contributed by atoms with E-state index in [1.807, 2.05) is 17.9 Å². The van der Waals surface area contributed by atoms with Crippen LogP contribution in [0.5, 0.6) is 0 Å². The first-order valence-electron chi connectivity index (χ1n) is 7.20. The smallest absolute Gasteiger partial charge is 0.0728 e. The minimum absolute atomic E-state index is 0.462. The molecule has 0 saturated heterocycles. The normalized spacial score (nSPS) is 25.8. The van der Waals surface area contributed by atoms with Gasteiger partial charge in [0.25, 0.3) is 0 Å². The van der Waals surface area contributed by atoms with E-state index in [0.29, 0.717) is 11.5 Å². The predicted molar refractivity (Wildman–Crippen MR) is 76.6 cm³/mol. The standard InChI is InChI=1S/C15H27N3/c1-15(2,3)12-6-5-7-13(9-8-12)17-14-10-16-18(4)11-14/h10-13,17H,5-9H2,1-4H3. The van der Waals surface area contributed by atoms with Gasteiger partial charge < -0.3 is 5.32 Å². The number of anilines is 1. The molecule has 102 valence electrons. The van der Waals surface area contributed by atoms with Gasteiger partial charge in [-0.25, -0.2) is 0 Å². The van der Waals surface area contributed by atoms with E-state index in [9.17, 15) is 0 Å². The Kier molecular flexibility index (Phi) is 3.98. The van der Waals surface area contributed by atoms with Crippen molar-refractivity contribution in [2.75, 3.05) is 5.32 Å². The highest BCUT2D eigenvalue weighted by Crippen LogP contribution is 2.37. The quantitative estimate of drug-likeness (QED) is 0.807.